The van der Waals surface area contributed by atoms with Crippen molar-refractivity contribution in [1.29, 1.82) is 0 Å². The average Bonchev–Trinajstić information content (AvgIpc) is 2.63. The van der Waals surface area contributed by atoms with E-state index in [2.05, 4.69) is 24.0 Å². The van der Waals surface area contributed by atoms with Gasteiger partial charge in [-0.3, -0.25) is 0 Å². The van der Waals surface area contributed by atoms with E-state index in [-0.39, 0.29) is 12.4 Å². The van der Waals surface area contributed by atoms with E-state index < -0.39 is 0 Å². The number of hydrogen-bond donors (Lipinski definition) is 1. The van der Waals surface area contributed by atoms with Gasteiger partial charge >= 0.3 is 0 Å². The zero-order valence-electron chi connectivity index (χ0n) is 9.26. The Labute approximate surface area is 99.2 Å². The van der Waals surface area contributed by atoms with Crippen molar-refractivity contribution < 1.29 is 0 Å². The molecule has 0 amide bonds. The van der Waals surface area contributed by atoms with Gasteiger partial charge in [-0.25, -0.2) is 0 Å². The van der Waals surface area contributed by atoms with Gasteiger partial charge in [-0.1, -0.05) is 45.4 Å². The summed E-state index contributed by atoms with van der Waals surface area (Å²) in [5.41, 5.74) is 0. The van der Waals surface area contributed by atoms with Crippen molar-refractivity contribution in [3.63, 3.8) is 0 Å². The van der Waals surface area contributed by atoms with Gasteiger partial charge in [0, 0.05) is 12.3 Å². The van der Waals surface area contributed by atoms with Crippen LogP contribution in [0.3, 0.4) is 0 Å². The van der Waals surface area contributed by atoms with E-state index in [4.69, 9.17) is 0 Å². The SMILES string of the molecule is CCCCCCCCC1NCCS1.Cl. The van der Waals surface area contributed by atoms with Crippen molar-refractivity contribution in [2.75, 3.05) is 12.3 Å². The van der Waals surface area contributed by atoms with Gasteiger partial charge in [0.1, 0.15) is 0 Å². The lowest BCUT2D eigenvalue weighted by molar-refractivity contribution is 0.560. The lowest BCUT2D eigenvalue weighted by atomic mass is 10.1. The lowest BCUT2D eigenvalue weighted by Crippen LogP contribution is -2.19. The first-order valence-electron chi connectivity index (χ1n) is 5.78. The molecule has 1 saturated heterocycles. The van der Waals surface area contributed by atoms with Crippen molar-refractivity contribution in [2.24, 2.45) is 0 Å². The molecule has 1 aliphatic rings. The van der Waals surface area contributed by atoms with Gasteiger partial charge in [-0.05, 0) is 6.42 Å². The predicted octanol–water partition coefficient (Wildman–Crippen LogP) is 3.82. The highest BCUT2D eigenvalue weighted by Crippen LogP contribution is 2.19. The minimum absolute atomic E-state index is 0. The molecular weight excluding hydrogens is 214 g/mol. The van der Waals surface area contributed by atoms with Gasteiger partial charge in [0.05, 0.1) is 5.37 Å². The summed E-state index contributed by atoms with van der Waals surface area (Å²) in [7, 11) is 0. The van der Waals surface area contributed by atoms with Crippen LogP contribution in [-0.4, -0.2) is 17.7 Å². The molecule has 0 aromatic rings. The first kappa shape index (κ1) is 14.6. The summed E-state index contributed by atoms with van der Waals surface area (Å²) in [5.74, 6) is 1.32. The van der Waals surface area contributed by atoms with Gasteiger partial charge < -0.3 is 5.32 Å². The third-order valence-electron chi connectivity index (χ3n) is 2.61. The van der Waals surface area contributed by atoms with Crippen molar-refractivity contribution >= 4 is 24.2 Å². The minimum atomic E-state index is 0. The largest absolute Gasteiger partial charge is 0.305 e. The van der Waals surface area contributed by atoms with E-state index in [9.17, 15) is 0 Å². The fourth-order valence-electron chi connectivity index (χ4n) is 1.78. The summed E-state index contributed by atoms with van der Waals surface area (Å²) < 4.78 is 0. The number of unbranched alkanes of at least 4 members (excludes halogenated alkanes) is 5. The number of halogens is 1. The number of thioether (sulfide) groups is 1. The molecule has 1 fully saturated rings. The van der Waals surface area contributed by atoms with Crippen LogP contribution in [0.15, 0.2) is 0 Å². The summed E-state index contributed by atoms with van der Waals surface area (Å²) >= 11 is 2.10. The van der Waals surface area contributed by atoms with Crippen molar-refractivity contribution in [3.05, 3.63) is 0 Å². The summed E-state index contributed by atoms with van der Waals surface area (Å²) in [4.78, 5) is 0. The van der Waals surface area contributed by atoms with Crippen LogP contribution >= 0.6 is 24.2 Å². The van der Waals surface area contributed by atoms with Gasteiger partial charge in [0.2, 0.25) is 0 Å². The van der Waals surface area contributed by atoms with Crippen LogP contribution in [-0.2, 0) is 0 Å². The smallest absolute Gasteiger partial charge is 0.0532 e. The molecular formula is C11H24ClNS. The van der Waals surface area contributed by atoms with E-state index in [1.807, 2.05) is 0 Å². The Morgan fingerprint density at radius 2 is 1.86 bits per heavy atom. The van der Waals surface area contributed by atoms with Crippen LogP contribution in [0, 0.1) is 0 Å². The maximum absolute atomic E-state index is 3.52. The average molecular weight is 238 g/mol. The second kappa shape index (κ2) is 10.1. The quantitative estimate of drug-likeness (QED) is 0.676. The molecule has 0 saturated carbocycles. The van der Waals surface area contributed by atoms with Crippen molar-refractivity contribution in [3.8, 4) is 0 Å². The Morgan fingerprint density at radius 3 is 2.50 bits per heavy atom. The highest BCUT2D eigenvalue weighted by atomic mass is 35.5. The summed E-state index contributed by atoms with van der Waals surface area (Å²) in [6.07, 6.45) is 9.94. The first-order valence-corrected chi connectivity index (χ1v) is 6.83. The lowest BCUT2D eigenvalue weighted by Gasteiger charge is -2.08. The molecule has 1 heterocycles. The van der Waals surface area contributed by atoms with Gasteiger partial charge in [0.25, 0.3) is 0 Å². The zero-order valence-corrected chi connectivity index (χ0v) is 10.9. The topological polar surface area (TPSA) is 12.0 Å². The Hall–Kier alpha value is 0.600. The molecule has 0 aliphatic carbocycles. The molecule has 14 heavy (non-hydrogen) atoms. The monoisotopic (exact) mass is 237 g/mol. The standard InChI is InChI=1S/C11H23NS.ClH/c1-2-3-4-5-6-7-8-11-12-9-10-13-11;/h11-12H,2-10H2,1H3;1H. The van der Waals surface area contributed by atoms with Crippen LogP contribution in [0.25, 0.3) is 0 Å². The zero-order chi connectivity index (χ0) is 9.36. The van der Waals surface area contributed by atoms with E-state index in [0.717, 1.165) is 5.37 Å². The van der Waals surface area contributed by atoms with E-state index in [1.165, 1.54) is 57.2 Å². The molecule has 1 nitrogen and oxygen atoms in total. The summed E-state index contributed by atoms with van der Waals surface area (Å²) in [6.45, 7) is 3.50. The third-order valence-corrected chi connectivity index (χ3v) is 3.86. The number of hydrogen-bond acceptors (Lipinski definition) is 2. The first-order chi connectivity index (χ1) is 6.43. The van der Waals surface area contributed by atoms with Gasteiger partial charge in [-0.15, -0.1) is 24.2 Å². The molecule has 1 rings (SSSR count). The molecule has 1 unspecified atom stereocenters. The van der Waals surface area contributed by atoms with Crippen LogP contribution in [0.1, 0.15) is 51.9 Å². The van der Waals surface area contributed by atoms with Crippen molar-refractivity contribution in [1.82, 2.24) is 5.32 Å². The molecule has 0 aromatic carbocycles. The third kappa shape index (κ3) is 6.97. The van der Waals surface area contributed by atoms with Crippen LogP contribution < -0.4 is 5.32 Å². The number of nitrogens with one attached hydrogen (secondary N) is 1. The molecule has 86 valence electrons. The fourth-order valence-corrected chi connectivity index (χ4v) is 2.86. The minimum Gasteiger partial charge on any atom is -0.305 e. The maximum Gasteiger partial charge on any atom is 0.0532 e. The van der Waals surface area contributed by atoms with E-state index in [1.54, 1.807) is 0 Å². The van der Waals surface area contributed by atoms with E-state index in [0.29, 0.717) is 0 Å². The molecule has 1 atom stereocenters. The summed E-state index contributed by atoms with van der Waals surface area (Å²) in [6, 6.07) is 0. The van der Waals surface area contributed by atoms with Gasteiger partial charge in [0.15, 0.2) is 0 Å². The summed E-state index contributed by atoms with van der Waals surface area (Å²) in [5, 5.41) is 4.31. The molecule has 3 heteroatoms. The van der Waals surface area contributed by atoms with Crippen LogP contribution in [0.5, 0.6) is 0 Å². The van der Waals surface area contributed by atoms with Crippen molar-refractivity contribution in [2.45, 2.75) is 57.2 Å². The Balaban J connectivity index is 0.00000169. The Kier molecular flexibility index (Phi) is 10.6. The maximum atomic E-state index is 3.52. The molecule has 0 bridgehead atoms. The van der Waals surface area contributed by atoms with E-state index >= 15 is 0 Å². The second-order valence-corrected chi connectivity index (χ2v) is 5.18. The van der Waals surface area contributed by atoms with Gasteiger partial charge in [-0.2, -0.15) is 0 Å². The molecule has 1 aliphatic heterocycles. The highest BCUT2D eigenvalue weighted by molar-refractivity contribution is 8.00. The van der Waals surface area contributed by atoms with Crippen LogP contribution in [0.2, 0.25) is 0 Å². The van der Waals surface area contributed by atoms with Crippen LogP contribution in [0.4, 0.5) is 0 Å². The second-order valence-electron chi connectivity index (χ2n) is 3.87. The Bertz CT molecular complexity index is 116. The molecule has 0 radical (unpaired) electrons. The Morgan fingerprint density at radius 1 is 1.14 bits per heavy atom. The molecule has 0 aromatic heterocycles. The molecule has 1 N–H and O–H groups in total. The molecule has 0 spiro atoms. The number of rotatable bonds is 7. The predicted molar refractivity (Wildman–Crippen MR) is 69.5 cm³/mol. The normalized spacial score (nSPS) is 20.8. The fraction of sp³-hybridized carbons (Fsp3) is 1.00. The highest BCUT2D eigenvalue weighted by Gasteiger charge is 2.12.